The zero-order valence-corrected chi connectivity index (χ0v) is 31.2. The second kappa shape index (κ2) is 13.4. The van der Waals surface area contributed by atoms with E-state index in [-0.39, 0.29) is 0 Å². The fourth-order valence-electron chi connectivity index (χ4n) is 9.31. The first-order valence-corrected chi connectivity index (χ1v) is 19.6. The van der Waals surface area contributed by atoms with E-state index in [0.717, 1.165) is 50.8 Å². The normalized spacial score (nSPS) is 13.2. The van der Waals surface area contributed by atoms with Gasteiger partial charge in [-0.3, -0.25) is 0 Å². The first kappa shape index (κ1) is 33.0. The highest BCUT2D eigenvalue weighted by Crippen LogP contribution is 2.63. The molecule has 0 aliphatic carbocycles. The number of fused-ring (bicyclic) bond motifs is 8. The Morgan fingerprint density at radius 3 is 1.12 bits per heavy atom. The summed E-state index contributed by atoms with van der Waals surface area (Å²) in [7, 11) is 0. The number of hydrogen-bond acceptors (Lipinski definition) is 2. The van der Waals surface area contributed by atoms with Crippen LogP contribution in [0.2, 0.25) is 0 Å². The van der Waals surface area contributed by atoms with E-state index in [0.29, 0.717) is 0 Å². The van der Waals surface area contributed by atoms with Gasteiger partial charge in [-0.2, -0.15) is 0 Å². The predicted octanol–water partition coefficient (Wildman–Crippen LogP) is 14.6. The number of ether oxygens (including phenoxy) is 1. The molecule has 0 bridgehead atoms. The van der Waals surface area contributed by atoms with Gasteiger partial charge in [-0.15, -0.1) is 0 Å². The summed E-state index contributed by atoms with van der Waals surface area (Å²) < 4.78 is 6.82. The van der Waals surface area contributed by atoms with Crippen molar-refractivity contribution in [2.24, 2.45) is 0 Å². The van der Waals surface area contributed by atoms with E-state index >= 15 is 0 Å². The van der Waals surface area contributed by atoms with Crippen molar-refractivity contribution in [2.45, 2.75) is 5.41 Å². The van der Waals surface area contributed by atoms with Crippen LogP contribution >= 0.6 is 0 Å². The molecule has 0 atom stereocenters. The van der Waals surface area contributed by atoms with Crippen molar-refractivity contribution in [1.29, 1.82) is 0 Å². The summed E-state index contributed by atoms with van der Waals surface area (Å²) in [5.41, 5.74) is 16.8. The summed E-state index contributed by atoms with van der Waals surface area (Å²) in [5.74, 6) is 1.73. The molecule has 0 amide bonds. The van der Waals surface area contributed by atoms with Crippen LogP contribution in [-0.2, 0) is 5.41 Å². The van der Waals surface area contributed by atoms with E-state index < -0.39 is 5.41 Å². The van der Waals surface area contributed by atoms with Crippen molar-refractivity contribution in [1.82, 2.24) is 0 Å². The molecule has 1 spiro atoms. The minimum absolute atomic E-state index is 0.725. The lowest BCUT2D eigenvalue weighted by Gasteiger charge is -2.49. The molecule has 268 valence electrons. The van der Waals surface area contributed by atoms with Crippen molar-refractivity contribution < 1.29 is 4.74 Å². The molecule has 57 heavy (non-hydrogen) atoms. The lowest BCUT2D eigenvalue weighted by atomic mass is 9.60. The summed E-state index contributed by atoms with van der Waals surface area (Å²) in [4.78, 5) is 2.45. The Balaban J connectivity index is 1.27. The van der Waals surface area contributed by atoms with Gasteiger partial charge in [0.1, 0.15) is 11.5 Å². The Morgan fingerprint density at radius 1 is 0.298 bits per heavy atom. The molecule has 0 fully saturated rings. The molecule has 0 radical (unpaired) electrons. The number of nitrogens with zero attached hydrogens (tertiary/aromatic N) is 1. The average molecular weight is 728 g/mol. The molecule has 0 aromatic heterocycles. The van der Waals surface area contributed by atoms with Crippen LogP contribution in [0.1, 0.15) is 22.3 Å². The van der Waals surface area contributed by atoms with Crippen molar-refractivity contribution in [2.75, 3.05) is 4.90 Å². The van der Waals surface area contributed by atoms with E-state index in [9.17, 15) is 0 Å². The van der Waals surface area contributed by atoms with E-state index in [1.165, 1.54) is 44.5 Å². The number of anilines is 3. The highest BCUT2D eigenvalue weighted by Gasteiger charge is 2.51. The van der Waals surface area contributed by atoms with Gasteiger partial charge in [0.05, 0.1) is 16.8 Å². The number of benzene rings is 9. The van der Waals surface area contributed by atoms with Gasteiger partial charge >= 0.3 is 0 Å². The topological polar surface area (TPSA) is 12.5 Å². The molecule has 2 aliphatic heterocycles. The standard InChI is InChI=1S/C55H37NO/c1-4-18-38(19-5-1)43-24-10-12-26-45(43)40-32-34-51-49(36-40)55(47-28-14-16-30-53(47)57-54-31-17-15-29-48(54)55)50-37-41(33-35-52(50)56(51)42-22-8-3-9-23-42)46-27-13-11-25-44(46)39-20-6-2-7-21-39/h1-37H. The molecule has 2 nitrogen and oxygen atoms in total. The fraction of sp³-hybridized carbons (Fsp3) is 0.0182. The smallest absolute Gasteiger partial charge is 0.132 e. The molecule has 2 aliphatic rings. The van der Waals surface area contributed by atoms with Crippen LogP contribution in [0.3, 0.4) is 0 Å². The van der Waals surface area contributed by atoms with Gasteiger partial charge in [-0.05, 0) is 104 Å². The molecule has 9 aromatic carbocycles. The Bertz CT molecular complexity index is 2750. The maximum absolute atomic E-state index is 6.82. The Hall–Kier alpha value is -7.42. The summed E-state index contributed by atoms with van der Waals surface area (Å²) in [6.07, 6.45) is 0. The Labute approximate surface area is 333 Å². The molecular formula is C55H37NO. The Kier molecular flexibility index (Phi) is 7.75. The third kappa shape index (κ3) is 5.18. The highest BCUT2D eigenvalue weighted by atomic mass is 16.5. The molecule has 2 heterocycles. The van der Waals surface area contributed by atoms with Gasteiger partial charge in [0.25, 0.3) is 0 Å². The second-order valence-electron chi connectivity index (χ2n) is 14.8. The first-order valence-electron chi connectivity index (χ1n) is 19.6. The van der Waals surface area contributed by atoms with E-state index in [1.807, 2.05) is 0 Å². The largest absolute Gasteiger partial charge is 0.457 e. The number of para-hydroxylation sites is 3. The van der Waals surface area contributed by atoms with Gasteiger partial charge in [0.15, 0.2) is 0 Å². The van der Waals surface area contributed by atoms with Crippen molar-refractivity contribution in [3.8, 4) is 56.0 Å². The van der Waals surface area contributed by atoms with Gasteiger partial charge in [-0.1, -0.05) is 176 Å². The molecule has 9 aromatic rings. The van der Waals surface area contributed by atoms with Crippen molar-refractivity contribution >= 4 is 17.1 Å². The monoisotopic (exact) mass is 727 g/mol. The predicted molar refractivity (Wildman–Crippen MR) is 235 cm³/mol. The fourth-order valence-corrected chi connectivity index (χ4v) is 9.31. The molecule has 0 N–H and O–H groups in total. The highest BCUT2D eigenvalue weighted by molar-refractivity contribution is 5.95. The van der Waals surface area contributed by atoms with Crippen LogP contribution < -0.4 is 9.64 Å². The quantitative estimate of drug-likeness (QED) is 0.175. The lowest BCUT2D eigenvalue weighted by molar-refractivity contribution is 0.434. The van der Waals surface area contributed by atoms with Crippen LogP contribution in [-0.4, -0.2) is 0 Å². The number of hydrogen-bond donors (Lipinski definition) is 0. The van der Waals surface area contributed by atoms with Crippen molar-refractivity contribution in [3.05, 3.63) is 247 Å². The first-order chi connectivity index (χ1) is 28.3. The second-order valence-corrected chi connectivity index (χ2v) is 14.8. The van der Waals surface area contributed by atoms with Crippen LogP contribution in [0.15, 0.2) is 224 Å². The van der Waals surface area contributed by atoms with Crippen molar-refractivity contribution in [3.63, 3.8) is 0 Å². The third-order valence-electron chi connectivity index (χ3n) is 11.7. The molecule has 0 saturated heterocycles. The van der Waals surface area contributed by atoms with Gasteiger partial charge < -0.3 is 9.64 Å². The third-order valence-corrected chi connectivity index (χ3v) is 11.7. The molecule has 0 saturated carbocycles. The average Bonchev–Trinajstić information content (AvgIpc) is 3.29. The van der Waals surface area contributed by atoms with Gasteiger partial charge in [0.2, 0.25) is 0 Å². The summed E-state index contributed by atoms with van der Waals surface area (Å²) in [6, 6.07) is 81.2. The molecule has 0 unspecified atom stereocenters. The van der Waals surface area contributed by atoms with E-state index in [2.05, 4.69) is 229 Å². The Morgan fingerprint density at radius 2 is 0.667 bits per heavy atom. The summed E-state index contributed by atoms with van der Waals surface area (Å²) in [6.45, 7) is 0. The van der Waals surface area contributed by atoms with Crippen LogP contribution in [0.4, 0.5) is 17.1 Å². The molecule has 11 rings (SSSR count). The molecular weight excluding hydrogens is 691 g/mol. The number of rotatable bonds is 5. The van der Waals surface area contributed by atoms with Gasteiger partial charge in [-0.25, -0.2) is 0 Å². The minimum atomic E-state index is -0.725. The maximum Gasteiger partial charge on any atom is 0.132 e. The summed E-state index contributed by atoms with van der Waals surface area (Å²) in [5, 5.41) is 0. The minimum Gasteiger partial charge on any atom is -0.457 e. The zero-order chi connectivity index (χ0) is 37.8. The maximum atomic E-state index is 6.82. The van der Waals surface area contributed by atoms with E-state index in [1.54, 1.807) is 0 Å². The van der Waals surface area contributed by atoms with Gasteiger partial charge in [0, 0.05) is 16.8 Å². The van der Waals surface area contributed by atoms with E-state index in [4.69, 9.17) is 4.74 Å². The van der Waals surface area contributed by atoms with Crippen LogP contribution in [0.5, 0.6) is 11.5 Å². The SMILES string of the molecule is c1ccc(-c2ccccc2-c2ccc3c(c2)C2(c4ccccc4Oc4ccccc42)c2cc(-c4ccccc4-c4ccccc4)ccc2N3c2ccccc2)cc1. The molecule has 2 heteroatoms. The summed E-state index contributed by atoms with van der Waals surface area (Å²) >= 11 is 0. The zero-order valence-electron chi connectivity index (χ0n) is 31.2. The van der Waals surface area contributed by atoms with Crippen LogP contribution in [0, 0.1) is 0 Å². The lowest BCUT2D eigenvalue weighted by Crippen LogP contribution is -2.39. The van der Waals surface area contributed by atoms with Crippen LogP contribution in [0.25, 0.3) is 44.5 Å².